The van der Waals surface area contributed by atoms with Gasteiger partial charge in [0.2, 0.25) is 0 Å². The number of nitrogens with two attached hydrogens (primary N) is 1. The van der Waals surface area contributed by atoms with Crippen LogP contribution >= 0.6 is 11.3 Å². The van der Waals surface area contributed by atoms with E-state index < -0.39 is 0 Å². The first kappa shape index (κ1) is 15.5. The quantitative estimate of drug-likeness (QED) is 0.259. The Balaban J connectivity index is 2.12. The van der Waals surface area contributed by atoms with Crippen LogP contribution in [0.4, 0.5) is 5.69 Å². The van der Waals surface area contributed by atoms with Crippen LogP contribution in [0.2, 0.25) is 0 Å². The van der Waals surface area contributed by atoms with Gasteiger partial charge in [-0.05, 0) is 41.5 Å². The molecule has 0 bridgehead atoms. The van der Waals surface area contributed by atoms with Crippen LogP contribution in [0.1, 0.15) is 0 Å². The van der Waals surface area contributed by atoms with Crippen LogP contribution in [-0.2, 0) is 0 Å². The van der Waals surface area contributed by atoms with Crippen molar-refractivity contribution in [1.29, 1.82) is 0 Å². The van der Waals surface area contributed by atoms with E-state index in [-0.39, 0.29) is 0 Å². The van der Waals surface area contributed by atoms with E-state index in [0.29, 0.717) is 0 Å². The number of nitrogen functional groups attached to an aromatic ring is 1. The molecule has 0 unspecified atom stereocenters. The van der Waals surface area contributed by atoms with Gasteiger partial charge in [-0.3, -0.25) is 0 Å². The van der Waals surface area contributed by atoms with Crippen molar-refractivity contribution in [3.8, 4) is 27.3 Å². The molecule has 0 fully saturated rings. The summed E-state index contributed by atoms with van der Waals surface area (Å²) in [5.74, 6) is 0.846. The smallest absolute Gasteiger partial charge is 0.327 e. The van der Waals surface area contributed by atoms with Crippen LogP contribution in [0.3, 0.4) is 0 Å². The van der Waals surface area contributed by atoms with Crippen LogP contribution in [0.25, 0.3) is 31.7 Å². The third-order valence-corrected chi connectivity index (χ3v) is 5.41. The Kier molecular flexibility index (Phi) is 3.77. The Labute approximate surface area is 149 Å². The summed E-state index contributed by atoms with van der Waals surface area (Å²) in [7, 11) is 1.68. The summed E-state index contributed by atoms with van der Waals surface area (Å²) in [4.78, 5) is 1.16. The number of benzene rings is 3. The molecule has 1 aliphatic heterocycles. The van der Waals surface area contributed by atoms with Crippen molar-refractivity contribution >= 4 is 33.8 Å². The second kappa shape index (κ2) is 6.10. The molecule has 3 nitrogen and oxygen atoms in total. The van der Waals surface area contributed by atoms with E-state index in [9.17, 15) is 0 Å². The third kappa shape index (κ3) is 2.68. The molecule has 0 saturated carbocycles. The van der Waals surface area contributed by atoms with Gasteiger partial charge in [0.25, 0.3) is 6.72 Å². The highest BCUT2D eigenvalue weighted by Crippen LogP contribution is 2.43. The predicted molar refractivity (Wildman–Crippen MR) is 107 cm³/mol. The predicted octanol–water partition coefficient (Wildman–Crippen LogP) is 3.93. The molecule has 2 aromatic rings. The van der Waals surface area contributed by atoms with Gasteiger partial charge >= 0.3 is 5.36 Å². The molecule has 0 amide bonds. The van der Waals surface area contributed by atoms with Crippen molar-refractivity contribution in [3.63, 3.8) is 0 Å². The van der Waals surface area contributed by atoms with Gasteiger partial charge in [-0.1, -0.05) is 18.2 Å². The Morgan fingerprint density at radius 3 is 2.52 bits per heavy atom. The number of anilines is 1. The van der Waals surface area contributed by atoms with Crippen LogP contribution < -0.4 is 20.5 Å². The van der Waals surface area contributed by atoms with E-state index in [1.165, 1.54) is 16.5 Å². The second-order valence-corrected chi connectivity index (χ2v) is 6.88. The molecule has 2 aromatic carbocycles. The molecule has 25 heavy (non-hydrogen) atoms. The maximum absolute atomic E-state index is 6.01. The first-order valence-electron chi connectivity index (χ1n) is 7.90. The zero-order valence-corrected chi connectivity index (χ0v) is 14.6. The lowest BCUT2D eigenvalue weighted by atomic mass is 9.95. The van der Waals surface area contributed by atoms with E-state index in [4.69, 9.17) is 10.5 Å². The summed E-state index contributed by atoms with van der Waals surface area (Å²) in [6.45, 7) is 3.63. The SMILES string of the molecule is C=[N+]=c1ccc2c(-c3ccc(OC)cc3)c3ccc(N)cc3sc-2c1. The highest BCUT2D eigenvalue weighted by molar-refractivity contribution is 7.21. The summed E-state index contributed by atoms with van der Waals surface area (Å²) in [6.07, 6.45) is 0. The maximum Gasteiger partial charge on any atom is 0.327 e. The summed E-state index contributed by atoms with van der Waals surface area (Å²) < 4.78 is 10.5. The lowest BCUT2D eigenvalue weighted by Gasteiger charge is -2.15. The number of methoxy groups -OCH3 is 1. The fraction of sp³-hybridized carbons (Fsp3) is 0.0476. The summed E-state index contributed by atoms with van der Waals surface area (Å²) in [6, 6.07) is 20.4. The molecule has 4 heteroatoms. The number of fused-ring (bicyclic) bond motifs is 2. The molecule has 0 aromatic heterocycles. The topological polar surface area (TPSA) is 49.4 Å². The largest absolute Gasteiger partial charge is 0.497 e. The highest BCUT2D eigenvalue weighted by Gasteiger charge is 2.16. The van der Waals surface area contributed by atoms with E-state index in [2.05, 4.69) is 41.7 Å². The Hall–Kier alpha value is -3.07. The van der Waals surface area contributed by atoms with Gasteiger partial charge in [0.15, 0.2) is 0 Å². The van der Waals surface area contributed by atoms with Crippen LogP contribution in [0.5, 0.6) is 5.75 Å². The van der Waals surface area contributed by atoms with Crippen molar-refractivity contribution in [2.24, 2.45) is 0 Å². The lowest BCUT2D eigenvalue weighted by Crippen LogP contribution is -2.04. The van der Waals surface area contributed by atoms with Crippen molar-refractivity contribution in [2.45, 2.75) is 0 Å². The van der Waals surface area contributed by atoms with Crippen molar-refractivity contribution < 1.29 is 4.74 Å². The average molecular weight is 345 g/mol. The molecular formula is C21H17N2OS+. The third-order valence-electron chi connectivity index (χ3n) is 4.29. The van der Waals surface area contributed by atoms with Gasteiger partial charge in [-0.15, -0.1) is 16.0 Å². The number of ether oxygens (including phenoxy) is 1. The maximum atomic E-state index is 6.01. The standard InChI is InChI=1S/C21H16N2OS/c1-23-15-6-10-18-20(12-15)25-19-11-14(22)5-9-17(19)21(18)13-3-7-16(24-2)8-4-13/h3-12,22H,1H2,2H3/p+1. The minimum absolute atomic E-state index is 0.766. The average Bonchev–Trinajstić information content (AvgIpc) is 2.65. The monoisotopic (exact) mass is 345 g/mol. The lowest BCUT2D eigenvalue weighted by molar-refractivity contribution is 0.415. The van der Waals surface area contributed by atoms with Crippen LogP contribution in [0.15, 0.2) is 60.7 Å². The summed E-state index contributed by atoms with van der Waals surface area (Å²) in [5, 5.41) is 2.06. The summed E-state index contributed by atoms with van der Waals surface area (Å²) >= 11 is 1.72. The fourth-order valence-electron chi connectivity index (χ4n) is 3.06. The number of hydrogen-bond donors (Lipinski definition) is 1. The van der Waals surface area contributed by atoms with Crippen LogP contribution in [0, 0.1) is 0 Å². The first-order valence-corrected chi connectivity index (χ1v) is 8.71. The van der Waals surface area contributed by atoms with E-state index in [1.54, 1.807) is 18.4 Å². The Morgan fingerprint density at radius 1 is 1.00 bits per heavy atom. The number of hydrogen-bond acceptors (Lipinski definition) is 3. The Bertz CT molecular complexity index is 1140. The zero-order chi connectivity index (χ0) is 17.4. The normalized spacial score (nSPS) is 10.8. The van der Waals surface area contributed by atoms with Gasteiger partial charge in [0, 0.05) is 38.3 Å². The van der Waals surface area contributed by atoms with Gasteiger partial charge in [0.1, 0.15) is 5.75 Å². The molecule has 2 aliphatic rings. The minimum Gasteiger partial charge on any atom is -0.497 e. The molecule has 1 heterocycles. The Morgan fingerprint density at radius 2 is 1.80 bits per heavy atom. The first-order chi connectivity index (χ1) is 12.2. The van der Waals surface area contributed by atoms with E-state index in [1.807, 2.05) is 30.3 Å². The molecule has 0 radical (unpaired) electrons. The number of nitrogens with zero attached hydrogens (tertiary/aromatic N) is 1. The molecule has 1 aliphatic carbocycles. The molecule has 0 atom stereocenters. The van der Waals surface area contributed by atoms with E-state index >= 15 is 0 Å². The number of rotatable bonds is 2. The van der Waals surface area contributed by atoms with Crippen LogP contribution in [-0.4, -0.2) is 13.8 Å². The molecular weight excluding hydrogens is 328 g/mol. The molecule has 4 rings (SSSR count). The highest BCUT2D eigenvalue weighted by atomic mass is 32.1. The molecule has 0 spiro atoms. The molecule has 0 saturated heterocycles. The summed E-state index contributed by atoms with van der Waals surface area (Å²) in [5.41, 5.74) is 10.3. The van der Waals surface area contributed by atoms with Crippen molar-refractivity contribution in [1.82, 2.24) is 4.67 Å². The minimum atomic E-state index is 0.766. The second-order valence-electron chi connectivity index (χ2n) is 5.80. The molecule has 122 valence electrons. The van der Waals surface area contributed by atoms with Crippen molar-refractivity contribution in [2.75, 3.05) is 12.8 Å². The van der Waals surface area contributed by atoms with Crippen molar-refractivity contribution in [3.05, 3.63) is 66.0 Å². The fourth-order valence-corrected chi connectivity index (χ4v) is 4.23. The zero-order valence-electron chi connectivity index (χ0n) is 13.8. The van der Waals surface area contributed by atoms with Gasteiger partial charge in [-0.2, -0.15) is 0 Å². The van der Waals surface area contributed by atoms with Gasteiger partial charge < -0.3 is 10.5 Å². The van der Waals surface area contributed by atoms with Gasteiger partial charge in [0.05, 0.1) is 7.11 Å². The van der Waals surface area contributed by atoms with Gasteiger partial charge in [-0.25, -0.2) is 0 Å². The molecule has 2 N–H and O–H groups in total. The van der Waals surface area contributed by atoms with E-state index in [0.717, 1.165) is 31.9 Å².